The molecular formula is C24H31BrCl2N6O4. The van der Waals surface area contributed by atoms with E-state index < -0.39 is 14.2 Å². The van der Waals surface area contributed by atoms with Crippen molar-refractivity contribution in [2.45, 2.75) is 50.8 Å². The third kappa shape index (κ3) is 8.94. The number of hydrogen-bond acceptors (Lipinski definition) is 8. The van der Waals surface area contributed by atoms with Crippen LogP contribution in [0.1, 0.15) is 57.6 Å². The van der Waals surface area contributed by atoms with Crippen LogP contribution in [0.3, 0.4) is 0 Å². The molecule has 2 aliphatic heterocycles. The molecule has 0 bridgehead atoms. The van der Waals surface area contributed by atoms with Crippen LogP contribution in [0.5, 0.6) is 0 Å². The molecule has 0 saturated carbocycles. The molecule has 4 rings (SSSR count). The normalized spacial score (nSPS) is 22.7. The van der Waals surface area contributed by atoms with Crippen LogP contribution < -0.4 is 10.6 Å². The van der Waals surface area contributed by atoms with E-state index in [0.717, 1.165) is 62.3 Å². The van der Waals surface area contributed by atoms with Gasteiger partial charge in [-0.05, 0) is 48.9 Å². The lowest BCUT2D eigenvalue weighted by molar-refractivity contribution is -0.404. The minimum atomic E-state index is -0.587. The van der Waals surface area contributed by atoms with Crippen molar-refractivity contribution in [3.05, 3.63) is 102 Å². The predicted molar refractivity (Wildman–Crippen MR) is 150 cm³/mol. The first-order valence-corrected chi connectivity index (χ1v) is 12.3. The fourth-order valence-electron chi connectivity index (χ4n) is 4.00. The average Bonchev–Trinajstić information content (AvgIpc) is 2.82. The number of nitrogens with zero attached hydrogens (tertiary/aromatic N) is 4. The van der Waals surface area contributed by atoms with Crippen LogP contribution in [0.4, 0.5) is 0 Å². The Morgan fingerprint density at radius 3 is 2.14 bits per heavy atom. The summed E-state index contributed by atoms with van der Waals surface area (Å²) in [6.07, 6.45) is 8.91. The van der Waals surface area contributed by atoms with Crippen molar-refractivity contribution in [3.8, 4) is 0 Å². The third-order valence-corrected chi connectivity index (χ3v) is 7.36. The Bertz CT molecular complexity index is 1120. The Morgan fingerprint density at radius 2 is 1.57 bits per heavy atom. The standard InChI is InChI=1S/C11H11BrClN3O2.C11H12ClN3O2.2CH4/c12-11(8-2-3-10(13)15-6-8)4-1-5-14-9(11)7-16(17)18;12-11-4-3-8(6-14-11)9-2-1-5-13-10(9)7-15(16)17;;/h2-3,6-7,14H,1,4-5H2;3-4,6-7,9,13H,1-2,5H2;2*1H4/b9-7-;10-7-;;. The zero-order valence-electron chi connectivity index (χ0n) is 18.5. The minimum absolute atomic E-state index is 0. The van der Waals surface area contributed by atoms with E-state index in [1.807, 2.05) is 12.1 Å². The molecule has 0 spiro atoms. The number of halogens is 3. The molecule has 2 N–H and O–H groups in total. The van der Waals surface area contributed by atoms with E-state index in [0.29, 0.717) is 21.7 Å². The van der Waals surface area contributed by atoms with E-state index in [1.165, 1.54) is 0 Å². The highest BCUT2D eigenvalue weighted by atomic mass is 79.9. The average molecular weight is 618 g/mol. The van der Waals surface area contributed by atoms with Crippen LogP contribution in [0.25, 0.3) is 0 Å². The Balaban J connectivity index is 0.000000351. The zero-order chi connectivity index (χ0) is 25.4. The van der Waals surface area contributed by atoms with Gasteiger partial charge in [-0.3, -0.25) is 20.2 Å². The van der Waals surface area contributed by atoms with Gasteiger partial charge in [-0.25, -0.2) is 9.97 Å². The van der Waals surface area contributed by atoms with Crippen molar-refractivity contribution >= 4 is 39.1 Å². The van der Waals surface area contributed by atoms with Gasteiger partial charge in [0.1, 0.15) is 16.0 Å². The van der Waals surface area contributed by atoms with Crippen molar-refractivity contribution in [3.63, 3.8) is 0 Å². The van der Waals surface area contributed by atoms with Crippen molar-refractivity contribution < 1.29 is 9.85 Å². The fourth-order valence-corrected chi connectivity index (χ4v) is 4.98. The molecule has 0 radical (unpaired) electrons. The molecule has 202 valence electrons. The van der Waals surface area contributed by atoms with Gasteiger partial charge in [0, 0.05) is 31.4 Å². The van der Waals surface area contributed by atoms with Crippen LogP contribution in [0.15, 0.2) is 60.5 Å². The van der Waals surface area contributed by atoms with Gasteiger partial charge in [0.15, 0.2) is 0 Å². The highest BCUT2D eigenvalue weighted by molar-refractivity contribution is 9.09. The van der Waals surface area contributed by atoms with E-state index in [-0.39, 0.29) is 20.8 Å². The summed E-state index contributed by atoms with van der Waals surface area (Å²) in [5, 5.41) is 28.2. The number of alkyl halides is 1. The number of aromatic nitrogens is 2. The molecule has 0 amide bonds. The Morgan fingerprint density at radius 1 is 0.946 bits per heavy atom. The molecular weight excluding hydrogens is 587 g/mol. The largest absolute Gasteiger partial charge is 0.383 e. The highest BCUT2D eigenvalue weighted by Crippen LogP contribution is 2.43. The maximum absolute atomic E-state index is 10.7. The summed E-state index contributed by atoms with van der Waals surface area (Å²) in [7, 11) is 0. The van der Waals surface area contributed by atoms with Crippen molar-refractivity contribution in [1.82, 2.24) is 20.6 Å². The second-order valence-corrected chi connectivity index (χ2v) is 10.1. The van der Waals surface area contributed by atoms with Gasteiger partial charge in [0.25, 0.3) is 12.4 Å². The van der Waals surface area contributed by atoms with Gasteiger partial charge >= 0.3 is 0 Å². The molecule has 0 aliphatic carbocycles. The number of nitrogens with one attached hydrogen (secondary N) is 2. The first-order chi connectivity index (χ1) is 16.7. The number of allylic oxidation sites excluding steroid dienone is 2. The SMILES string of the molecule is C.C.O=[N+]([O-])/C=C1\NCCCC1(Br)c1ccc(Cl)nc1.O=[N+]([O-])/C=C1\NCCCC1c1ccc(Cl)nc1. The Labute approximate surface area is 235 Å². The van der Waals surface area contributed by atoms with Crippen LogP contribution in [0, 0.1) is 20.2 Å². The van der Waals surface area contributed by atoms with Gasteiger partial charge in [-0.1, -0.05) is 66.1 Å². The summed E-state index contributed by atoms with van der Waals surface area (Å²) in [6.45, 7) is 1.51. The summed E-state index contributed by atoms with van der Waals surface area (Å²) in [4.78, 5) is 28.4. The summed E-state index contributed by atoms with van der Waals surface area (Å²) < 4.78 is -0.587. The topological polar surface area (TPSA) is 136 Å². The molecule has 2 atom stereocenters. The summed E-state index contributed by atoms with van der Waals surface area (Å²) >= 11 is 15.1. The molecule has 2 saturated heterocycles. The Hall–Kier alpha value is -2.76. The number of rotatable bonds is 4. The molecule has 2 aliphatic rings. The van der Waals surface area contributed by atoms with Crippen molar-refractivity contribution in [2.75, 3.05) is 13.1 Å². The maximum Gasteiger partial charge on any atom is 0.255 e. The molecule has 2 aromatic rings. The quantitative estimate of drug-likeness (QED) is 0.174. The van der Waals surface area contributed by atoms with E-state index in [1.54, 1.807) is 24.5 Å². The van der Waals surface area contributed by atoms with Gasteiger partial charge in [0.05, 0.1) is 19.9 Å². The first kappa shape index (κ1) is 32.3. The van der Waals surface area contributed by atoms with Crippen LogP contribution >= 0.6 is 39.1 Å². The molecule has 37 heavy (non-hydrogen) atoms. The number of piperidine rings is 2. The van der Waals surface area contributed by atoms with Crippen LogP contribution in [-0.4, -0.2) is 32.9 Å². The predicted octanol–water partition coefficient (Wildman–Crippen LogP) is 6.42. The smallest absolute Gasteiger partial charge is 0.255 e. The number of hydrogen-bond donors (Lipinski definition) is 2. The molecule has 2 unspecified atom stereocenters. The second-order valence-electron chi connectivity index (χ2n) is 7.93. The molecule has 2 fully saturated rings. The molecule has 4 heterocycles. The van der Waals surface area contributed by atoms with E-state index >= 15 is 0 Å². The summed E-state index contributed by atoms with van der Waals surface area (Å²) in [5.74, 6) is 0.0129. The fraction of sp³-hybridized carbons (Fsp3) is 0.417. The number of nitro groups is 2. The van der Waals surface area contributed by atoms with Crippen LogP contribution in [-0.2, 0) is 4.32 Å². The number of pyridine rings is 2. The maximum atomic E-state index is 10.7. The lowest BCUT2D eigenvalue weighted by Crippen LogP contribution is -2.37. The second kappa shape index (κ2) is 14.8. The third-order valence-electron chi connectivity index (χ3n) is 5.63. The zero-order valence-corrected chi connectivity index (χ0v) is 21.6. The van der Waals surface area contributed by atoms with Gasteiger partial charge in [0.2, 0.25) is 0 Å². The molecule has 13 heteroatoms. The van der Waals surface area contributed by atoms with Crippen LogP contribution in [0.2, 0.25) is 10.3 Å². The van der Waals surface area contributed by atoms with E-state index in [2.05, 4.69) is 36.5 Å². The van der Waals surface area contributed by atoms with Gasteiger partial charge in [-0.15, -0.1) is 0 Å². The highest BCUT2D eigenvalue weighted by Gasteiger charge is 2.38. The Kier molecular flexibility index (Phi) is 12.9. The van der Waals surface area contributed by atoms with Crippen molar-refractivity contribution in [1.29, 1.82) is 0 Å². The lowest BCUT2D eigenvalue weighted by Gasteiger charge is -2.34. The summed E-state index contributed by atoms with van der Waals surface area (Å²) in [5.41, 5.74) is 3.00. The minimum Gasteiger partial charge on any atom is -0.383 e. The van der Waals surface area contributed by atoms with E-state index in [4.69, 9.17) is 23.2 Å². The molecule has 0 aromatic carbocycles. The first-order valence-electron chi connectivity index (χ1n) is 10.8. The molecule has 2 aromatic heterocycles. The van der Waals surface area contributed by atoms with Gasteiger partial charge < -0.3 is 10.6 Å². The van der Waals surface area contributed by atoms with Gasteiger partial charge in [-0.2, -0.15) is 0 Å². The monoisotopic (exact) mass is 616 g/mol. The van der Waals surface area contributed by atoms with E-state index in [9.17, 15) is 20.2 Å². The van der Waals surface area contributed by atoms with Crippen molar-refractivity contribution in [2.24, 2.45) is 0 Å². The lowest BCUT2D eigenvalue weighted by atomic mass is 9.89. The summed E-state index contributed by atoms with van der Waals surface area (Å²) in [6, 6.07) is 7.07. The molecule has 10 nitrogen and oxygen atoms in total.